The predicted octanol–water partition coefficient (Wildman–Crippen LogP) is 0.816. The lowest BCUT2D eigenvalue weighted by Gasteiger charge is -2.18. The normalized spacial score (nSPS) is 10.5. The van der Waals surface area contributed by atoms with Gasteiger partial charge in [0.15, 0.2) is 12.1 Å². The Bertz CT molecular complexity index is 333. The number of rotatable bonds is 2. The van der Waals surface area contributed by atoms with Crippen LogP contribution in [-0.4, -0.2) is 16.4 Å². The summed E-state index contributed by atoms with van der Waals surface area (Å²) in [5, 5.41) is 2.61. The molecule has 1 amide bonds. The highest BCUT2D eigenvalue weighted by atomic mass is 16.3. The number of aromatic nitrogens is 1. The summed E-state index contributed by atoms with van der Waals surface area (Å²) in [7, 11) is 0. The maximum atomic E-state index is 11.4. The van der Waals surface area contributed by atoms with Crippen molar-refractivity contribution in [3.63, 3.8) is 0 Å². The molecule has 4 nitrogen and oxygen atoms in total. The van der Waals surface area contributed by atoms with Gasteiger partial charge in [-0.15, -0.1) is 6.42 Å². The van der Waals surface area contributed by atoms with Gasteiger partial charge in [0.25, 0.3) is 5.91 Å². The van der Waals surface area contributed by atoms with Crippen LogP contribution in [-0.2, 0) is 0 Å². The van der Waals surface area contributed by atoms with Crippen molar-refractivity contribution in [2.45, 2.75) is 19.4 Å². The van der Waals surface area contributed by atoms with Gasteiger partial charge in [-0.1, -0.05) is 5.92 Å². The highest BCUT2D eigenvalue weighted by Crippen LogP contribution is 2.02. The van der Waals surface area contributed by atoms with Crippen LogP contribution in [0.3, 0.4) is 0 Å². The van der Waals surface area contributed by atoms with Gasteiger partial charge in [-0.05, 0) is 13.8 Å². The van der Waals surface area contributed by atoms with Gasteiger partial charge in [-0.2, -0.15) is 0 Å². The molecule has 0 radical (unpaired) electrons. The third-order valence-electron chi connectivity index (χ3n) is 1.45. The van der Waals surface area contributed by atoms with Gasteiger partial charge in [0, 0.05) is 0 Å². The number of nitrogens with zero attached hydrogens (tertiary/aromatic N) is 1. The first kappa shape index (κ1) is 9.33. The molecule has 0 aliphatic rings. The van der Waals surface area contributed by atoms with Crippen molar-refractivity contribution in [2.75, 3.05) is 0 Å². The van der Waals surface area contributed by atoms with Crippen molar-refractivity contribution in [1.29, 1.82) is 0 Å². The third-order valence-corrected chi connectivity index (χ3v) is 1.45. The van der Waals surface area contributed by atoms with Crippen molar-refractivity contribution in [3.8, 4) is 12.3 Å². The van der Waals surface area contributed by atoms with Gasteiger partial charge >= 0.3 is 0 Å². The van der Waals surface area contributed by atoms with E-state index in [1.165, 1.54) is 12.7 Å². The molecule has 0 aliphatic carbocycles. The maximum Gasteiger partial charge on any atom is 0.274 e. The van der Waals surface area contributed by atoms with Crippen molar-refractivity contribution in [1.82, 2.24) is 10.3 Å². The standard InChI is InChI=1S/C9H10N2O2/c1-4-9(2,3)11-8(12)7-5-13-6-10-7/h1,5-6H,2-3H3,(H,11,12). The molecule has 0 aliphatic heterocycles. The monoisotopic (exact) mass is 178 g/mol. The lowest BCUT2D eigenvalue weighted by atomic mass is 10.1. The van der Waals surface area contributed by atoms with E-state index in [0.29, 0.717) is 0 Å². The molecule has 1 N–H and O–H groups in total. The molecule has 1 heterocycles. The predicted molar refractivity (Wildman–Crippen MR) is 46.9 cm³/mol. The molecule has 1 aromatic heterocycles. The van der Waals surface area contributed by atoms with Crippen molar-refractivity contribution in [3.05, 3.63) is 18.4 Å². The van der Waals surface area contributed by atoms with Gasteiger partial charge in [0.2, 0.25) is 0 Å². The van der Waals surface area contributed by atoms with Crippen LogP contribution in [0.15, 0.2) is 17.1 Å². The molecule has 0 unspecified atom stereocenters. The zero-order chi connectivity index (χ0) is 9.90. The van der Waals surface area contributed by atoms with Gasteiger partial charge < -0.3 is 9.73 Å². The lowest BCUT2D eigenvalue weighted by Crippen LogP contribution is -2.42. The number of oxazole rings is 1. The van der Waals surface area contributed by atoms with E-state index in [0.717, 1.165) is 0 Å². The summed E-state index contributed by atoms with van der Waals surface area (Å²) >= 11 is 0. The van der Waals surface area contributed by atoms with Crippen LogP contribution in [0.25, 0.3) is 0 Å². The summed E-state index contributed by atoms with van der Waals surface area (Å²) in [5.41, 5.74) is -0.445. The molecular formula is C9H10N2O2. The van der Waals surface area contributed by atoms with Crippen LogP contribution in [0.4, 0.5) is 0 Å². The third kappa shape index (κ3) is 2.34. The van der Waals surface area contributed by atoms with Crippen molar-refractivity contribution < 1.29 is 9.21 Å². The topological polar surface area (TPSA) is 55.1 Å². The summed E-state index contributed by atoms with van der Waals surface area (Å²) in [6, 6.07) is 0. The second-order valence-electron chi connectivity index (χ2n) is 3.10. The Morgan fingerprint density at radius 1 is 1.77 bits per heavy atom. The van der Waals surface area contributed by atoms with Crippen molar-refractivity contribution >= 4 is 5.91 Å². The molecule has 0 spiro atoms. The zero-order valence-electron chi connectivity index (χ0n) is 7.50. The fraction of sp³-hybridized carbons (Fsp3) is 0.333. The number of carbonyl (C=O) groups excluding carboxylic acids is 1. The van der Waals surface area contributed by atoms with E-state index in [1.54, 1.807) is 13.8 Å². The molecule has 0 atom stereocenters. The number of nitrogens with one attached hydrogen (secondary N) is 1. The summed E-state index contributed by atoms with van der Waals surface area (Å²) in [5.74, 6) is 2.11. The minimum Gasteiger partial charge on any atom is -0.451 e. The summed E-state index contributed by atoms with van der Waals surface area (Å²) in [6.07, 6.45) is 7.66. The van der Waals surface area contributed by atoms with E-state index in [-0.39, 0.29) is 11.6 Å². The molecule has 4 heteroatoms. The molecule has 0 fully saturated rings. The van der Waals surface area contributed by atoms with E-state index in [1.807, 2.05) is 0 Å². The van der Waals surface area contributed by atoms with E-state index < -0.39 is 5.54 Å². The Morgan fingerprint density at radius 3 is 2.92 bits per heavy atom. The zero-order valence-corrected chi connectivity index (χ0v) is 7.50. The van der Waals surface area contributed by atoms with Gasteiger partial charge in [0.1, 0.15) is 6.26 Å². The van der Waals surface area contributed by atoms with Crippen LogP contribution < -0.4 is 5.32 Å². The van der Waals surface area contributed by atoms with E-state index in [2.05, 4.69) is 20.6 Å². The summed E-state index contributed by atoms with van der Waals surface area (Å²) in [6.45, 7) is 3.45. The highest BCUT2D eigenvalue weighted by molar-refractivity contribution is 5.92. The average Bonchev–Trinajstić information content (AvgIpc) is 2.55. The molecule has 1 aromatic rings. The maximum absolute atomic E-state index is 11.4. The Kier molecular flexibility index (Phi) is 2.38. The molecular weight excluding hydrogens is 168 g/mol. The second-order valence-corrected chi connectivity index (χ2v) is 3.10. The first-order valence-electron chi connectivity index (χ1n) is 3.73. The van der Waals surface area contributed by atoms with Crippen molar-refractivity contribution in [2.24, 2.45) is 0 Å². The number of carbonyl (C=O) groups is 1. The quantitative estimate of drug-likeness (QED) is 0.682. The summed E-state index contributed by atoms with van der Waals surface area (Å²) in [4.78, 5) is 15.0. The Hall–Kier alpha value is -1.76. The summed E-state index contributed by atoms with van der Waals surface area (Å²) < 4.78 is 4.66. The second kappa shape index (κ2) is 3.31. The van der Waals surface area contributed by atoms with Gasteiger partial charge in [-0.25, -0.2) is 4.98 Å². The fourth-order valence-corrected chi connectivity index (χ4v) is 0.709. The first-order valence-corrected chi connectivity index (χ1v) is 3.73. The van der Waals surface area contributed by atoms with Crippen LogP contribution in [0.1, 0.15) is 24.3 Å². The molecule has 1 rings (SSSR count). The number of amides is 1. The lowest BCUT2D eigenvalue weighted by molar-refractivity contribution is 0.0925. The largest absolute Gasteiger partial charge is 0.451 e. The van der Waals surface area contributed by atoms with E-state index in [4.69, 9.17) is 6.42 Å². The fourth-order valence-electron chi connectivity index (χ4n) is 0.709. The van der Waals surface area contributed by atoms with E-state index >= 15 is 0 Å². The Labute approximate surface area is 76.3 Å². The van der Waals surface area contributed by atoms with Crippen LogP contribution in [0.2, 0.25) is 0 Å². The van der Waals surface area contributed by atoms with Gasteiger partial charge in [0.05, 0.1) is 5.54 Å². The molecule has 68 valence electrons. The molecule has 0 bridgehead atoms. The average molecular weight is 178 g/mol. The number of terminal acetylenes is 1. The Morgan fingerprint density at radius 2 is 2.46 bits per heavy atom. The minimum absolute atomic E-state index is 0.225. The number of hydrogen-bond donors (Lipinski definition) is 1. The van der Waals surface area contributed by atoms with Crippen LogP contribution in [0.5, 0.6) is 0 Å². The van der Waals surface area contributed by atoms with Crippen LogP contribution >= 0.6 is 0 Å². The number of hydrogen-bond acceptors (Lipinski definition) is 3. The van der Waals surface area contributed by atoms with Gasteiger partial charge in [-0.3, -0.25) is 4.79 Å². The first-order chi connectivity index (χ1) is 6.05. The molecule has 0 saturated heterocycles. The van der Waals surface area contributed by atoms with E-state index in [9.17, 15) is 4.79 Å². The molecule has 13 heavy (non-hydrogen) atoms. The minimum atomic E-state index is -0.671. The van der Waals surface area contributed by atoms with Crippen LogP contribution in [0, 0.1) is 12.3 Å². The SMILES string of the molecule is C#CC(C)(C)NC(=O)c1cocn1. The smallest absolute Gasteiger partial charge is 0.274 e. The molecule has 0 saturated carbocycles. The Balaban J connectivity index is 2.68. The highest BCUT2D eigenvalue weighted by Gasteiger charge is 2.19. The molecule has 0 aromatic carbocycles.